The van der Waals surface area contributed by atoms with Gasteiger partial charge in [0.2, 0.25) is 0 Å². The van der Waals surface area contributed by atoms with Crippen molar-refractivity contribution in [1.29, 1.82) is 0 Å². The van der Waals surface area contributed by atoms with E-state index in [1.54, 1.807) is 5.56 Å². The third kappa shape index (κ3) is 4.60. The lowest BCUT2D eigenvalue weighted by Gasteiger charge is -2.37. The highest BCUT2D eigenvalue weighted by Gasteiger charge is 2.56. The second-order valence-corrected chi connectivity index (χ2v) is 18.4. The third-order valence-corrected chi connectivity index (χ3v) is 15.1. The number of benzene rings is 8. The number of rotatable bonds is 5. The van der Waals surface area contributed by atoms with E-state index >= 15 is 0 Å². The van der Waals surface area contributed by atoms with E-state index in [-0.39, 0.29) is 10.8 Å². The smallest absolute Gasteiger partial charge is 0.136 e. The highest BCUT2D eigenvalue weighted by molar-refractivity contribution is 6.14. The largest absolute Gasteiger partial charge is 0.456 e. The van der Waals surface area contributed by atoms with E-state index in [1.165, 1.54) is 92.6 Å². The Labute approximate surface area is 351 Å². The molecule has 1 spiro atoms. The first-order chi connectivity index (χ1) is 29.5. The number of para-hydroxylation sites is 2. The third-order valence-electron chi connectivity index (χ3n) is 15.1. The SMILES string of the molecule is CC1(C)c2ccccc2-c2cccc(-c3cccc(N(c4ccc5c(c4)C4(CC6CCC4C6)c4ccccc4-5)c4ccccc4-c4cccc5oc6ccccc6c45)c3)c21. The molecule has 0 amide bonds. The minimum Gasteiger partial charge on any atom is -0.456 e. The Morgan fingerprint density at radius 2 is 1.15 bits per heavy atom. The van der Waals surface area contributed by atoms with Crippen LogP contribution in [0.5, 0.6) is 0 Å². The average Bonchev–Trinajstić information content (AvgIpc) is 4.11. The van der Waals surface area contributed by atoms with Crippen LogP contribution in [0.2, 0.25) is 0 Å². The Balaban J connectivity index is 1.05. The lowest BCUT2D eigenvalue weighted by atomic mass is 9.67. The van der Waals surface area contributed by atoms with E-state index in [1.807, 2.05) is 0 Å². The Morgan fingerprint density at radius 1 is 0.500 bits per heavy atom. The summed E-state index contributed by atoms with van der Waals surface area (Å²) in [4.78, 5) is 2.55. The normalized spacial score (nSPS) is 20.1. The average molecular weight is 772 g/mol. The van der Waals surface area contributed by atoms with Crippen LogP contribution < -0.4 is 4.90 Å². The first-order valence-corrected chi connectivity index (χ1v) is 21.9. The van der Waals surface area contributed by atoms with Crippen molar-refractivity contribution in [1.82, 2.24) is 0 Å². The maximum Gasteiger partial charge on any atom is 0.136 e. The summed E-state index contributed by atoms with van der Waals surface area (Å²) >= 11 is 0. The zero-order chi connectivity index (χ0) is 39.7. The second-order valence-electron chi connectivity index (χ2n) is 18.4. The zero-order valence-corrected chi connectivity index (χ0v) is 34.1. The molecule has 2 heteroatoms. The maximum atomic E-state index is 6.47. The molecule has 2 fully saturated rings. The van der Waals surface area contributed by atoms with Crippen LogP contribution in [-0.2, 0) is 10.8 Å². The van der Waals surface area contributed by atoms with Crippen molar-refractivity contribution in [3.8, 4) is 44.5 Å². The van der Waals surface area contributed by atoms with Crippen molar-refractivity contribution in [2.24, 2.45) is 11.8 Å². The van der Waals surface area contributed by atoms with Crippen LogP contribution in [0.3, 0.4) is 0 Å². The van der Waals surface area contributed by atoms with Gasteiger partial charge in [-0.1, -0.05) is 154 Å². The van der Waals surface area contributed by atoms with E-state index in [4.69, 9.17) is 4.42 Å². The number of nitrogens with zero attached hydrogens (tertiary/aromatic N) is 1. The summed E-state index contributed by atoms with van der Waals surface area (Å²) in [6, 6.07) is 65.9. The van der Waals surface area contributed by atoms with Crippen LogP contribution in [0.15, 0.2) is 180 Å². The summed E-state index contributed by atoms with van der Waals surface area (Å²) in [6.07, 6.45) is 5.29. The Hall–Kier alpha value is -6.64. The van der Waals surface area contributed by atoms with E-state index in [0.29, 0.717) is 5.92 Å². The van der Waals surface area contributed by atoms with E-state index in [9.17, 15) is 0 Å². The molecule has 9 aromatic rings. The number of hydrogen-bond donors (Lipinski definition) is 0. The topological polar surface area (TPSA) is 16.4 Å². The van der Waals surface area contributed by atoms with Gasteiger partial charge in [-0.2, -0.15) is 0 Å². The predicted molar refractivity (Wildman–Crippen MR) is 249 cm³/mol. The Morgan fingerprint density at radius 3 is 2.00 bits per heavy atom. The first-order valence-electron chi connectivity index (χ1n) is 21.9. The molecule has 13 rings (SSSR count). The lowest BCUT2D eigenvalue weighted by Crippen LogP contribution is -2.32. The molecule has 8 aromatic carbocycles. The molecule has 1 heterocycles. The van der Waals surface area contributed by atoms with E-state index in [2.05, 4.69) is 195 Å². The predicted octanol–water partition coefficient (Wildman–Crippen LogP) is 15.8. The molecule has 3 unspecified atom stereocenters. The molecule has 0 aliphatic heterocycles. The highest BCUT2D eigenvalue weighted by atomic mass is 16.3. The van der Waals surface area contributed by atoms with Gasteiger partial charge in [-0.15, -0.1) is 0 Å². The van der Waals surface area contributed by atoms with E-state index in [0.717, 1.165) is 39.2 Å². The fourth-order valence-electron chi connectivity index (χ4n) is 12.7. The van der Waals surface area contributed by atoms with Crippen molar-refractivity contribution in [3.05, 3.63) is 198 Å². The molecule has 1 aromatic heterocycles. The fraction of sp³-hybridized carbons (Fsp3) is 0.172. The molecule has 0 N–H and O–H groups in total. The second kappa shape index (κ2) is 12.4. The van der Waals surface area contributed by atoms with Gasteiger partial charge in [-0.3, -0.25) is 0 Å². The molecule has 0 radical (unpaired) electrons. The molecule has 4 aliphatic rings. The van der Waals surface area contributed by atoms with Crippen molar-refractivity contribution >= 4 is 39.0 Å². The quantitative estimate of drug-likeness (QED) is 0.173. The Bertz CT molecular complexity index is 3240. The number of hydrogen-bond acceptors (Lipinski definition) is 2. The van der Waals surface area contributed by atoms with Gasteiger partial charge in [-0.05, 0) is 135 Å². The minimum absolute atomic E-state index is 0.0738. The maximum absolute atomic E-state index is 6.47. The van der Waals surface area contributed by atoms with Gasteiger partial charge in [0.05, 0.1) is 5.69 Å². The van der Waals surface area contributed by atoms with E-state index < -0.39 is 0 Å². The number of anilines is 3. The van der Waals surface area contributed by atoms with Crippen LogP contribution in [0.25, 0.3) is 66.4 Å². The van der Waals surface area contributed by atoms with Crippen LogP contribution in [0.1, 0.15) is 61.8 Å². The monoisotopic (exact) mass is 771 g/mol. The molecular weight excluding hydrogens is 727 g/mol. The standard InChI is InChI=1S/C58H45NO/c1-57(2)49-23-7-3-17-43(49)47-22-12-20-41(56(47)57)37-14-11-15-39(33-37)59(52-25-9-5-18-45(52)46-21-13-27-54-55(46)48-19-6-10-26-53(48)60-54)40-30-31-44-42-16-4-8-24-50(42)58(51(44)34-40)35-36-28-29-38(58)32-36/h3-27,30-31,33-34,36,38H,28-29,32,35H2,1-2H3. The van der Waals surface area contributed by atoms with Gasteiger partial charge in [0, 0.05) is 38.5 Å². The molecule has 2 bridgehead atoms. The minimum atomic E-state index is -0.124. The van der Waals surface area contributed by atoms with Gasteiger partial charge in [0.15, 0.2) is 0 Å². The molecule has 288 valence electrons. The molecule has 2 saturated carbocycles. The van der Waals surface area contributed by atoms with Crippen LogP contribution in [0, 0.1) is 11.8 Å². The summed E-state index contributed by atoms with van der Waals surface area (Å²) < 4.78 is 6.47. The zero-order valence-electron chi connectivity index (χ0n) is 34.1. The van der Waals surface area contributed by atoms with Crippen molar-refractivity contribution in [2.45, 2.75) is 50.4 Å². The molecule has 60 heavy (non-hydrogen) atoms. The molecule has 4 aliphatic carbocycles. The van der Waals surface area contributed by atoms with Crippen LogP contribution in [0.4, 0.5) is 17.1 Å². The molecule has 2 nitrogen and oxygen atoms in total. The summed E-state index contributed by atoms with van der Waals surface area (Å²) in [5.41, 5.74) is 21.6. The highest BCUT2D eigenvalue weighted by Crippen LogP contribution is 2.66. The summed E-state index contributed by atoms with van der Waals surface area (Å²) in [6.45, 7) is 4.78. The van der Waals surface area contributed by atoms with Crippen LogP contribution >= 0.6 is 0 Å². The van der Waals surface area contributed by atoms with Gasteiger partial charge < -0.3 is 9.32 Å². The number of furan rings is 1. The van der Waals surface area contributed by atoms with Crippen molar-refractivity contribution in [2.75, 3.05) is 4.90 Å². The molecule has 0 saturated heterocycles. The summed E-state index contributed by atoms with van der Waals surface area (Å²) in [5.74, 6) is 1.49. The lowest BCUT2D eigenvalue weighted by molar-refractivity contribution is 0.327. The van der Waals surface area contributed by atoms with Gasteiger partial charge in [0.1, 0.15) is 11.2 Å². The summed E-state index contributed by atoms with van der Waals surface area (Å²) in [7, 11) is 0. The summed E-state index contributed by atoms with van der Waals surface area (Å²) in [5, 5.41) is 2.29. The van der Waals surface area contributed by atoms with Gasteiger partial charge in [-0.25, -0.2) is 0 Å². The Kier molecular flexibility index (Phi) is 7.10. The number of fused-ring (bicyclic) bond motifs is 14. The first kappa shape index (κ1) is 34.2. The van der Waals surface area contributed by atoms with Gasteiger partial charge >= 0.3 is 0 Å². The van der Waals surface area contributed by atoms with Gasteiger partial charge in [0.25, 0.3) is 0 Å². The molecule has 3 atom stereocenters. The van der Waals surface area contributed by atoms with Crippen molar-refractivity contribution < 1.29 is 4.42 Å². The van der Waals surface area contributed by atoms with Crippen molar-refractivity contribution in [3.63, 3.8) is 0 Å². The molecular formula is C58H45NO. The fourth-order valence-corrected chi connectivity index (χ4v) is 12.7. The van der Waals surface area contributed by atoms with Crippen LogP contribution in [-0.4, -0.2) is 0 Å².